The van der Waals surface area contributed by atoms with Crippen LogP contribution in [0.25, 0.3) is 0 Å². The molecule has 0 saturated carbocycles. The van der Waals surface area contributed by atoms with E-state index in [0.29, 0.717) is 30.4 Å². The van der Waals surface area contributed by atoms with Crippen LogP contribution in [0.2, 0.25) is 5.15 Å². The molecule has 1 aromatic heterocycles. The first-order chi connectivity index (χ1) is 10.2. The third-order valence-corrected chi connectivity index (χ3v) is 3.56. The summed E-state index contributed by atoms with van der Waals surface area (Å²) in [5, 5.41) is 9.37. The van der Waals surface area contributed by atoms with Gasteiger partial charge in [-0.3, -0.25) is 0 Å². The Hall–Kier alpha value is -2.12. The molecule has 21 heavy (non-hydrogen) atoms. The minimum Gasteiger partial charge on any atom is -0.325 e. The molecular formula is C16H17ClN4. The van der Waals surface area contributed by atoms with Crippen molar-refractivity contribution in [3.8, 4) is 6.07 Å². The molecule has 0 spiro atoms. The lowest BCUT2D eigenvalue weighted by molar-refractivity contribution is 0.871. The Morgan fingerprint density at radius 3 is 2.57 bits per heavy atom. The van der Waals surface area contributed by atoms with E-state index >= 15 is 0 Å². The van der Waals surface area contributed by atoms with Crippen LogP contribution in [-0.4, -0.2) is 16.5 Å². The predicted molar refractivity (Wildman–Crippen MR) is 84.8 cm³/mol. The van der Waals surface area contributed by atoms with Gasteiger partial charge >= 0.3 is 0 Å². The number of halogens is 1. The first kappa shape index (κ1) is 15.3. The number of aromatic nitrogens is 2. The zero-order valence-corrected chi connectivity index (χ0v) is 12.9. The highest BCUT2D eigenvalue weighted by molar-refractivity contribution is 6.30. The summed E-state index contributed by atoms with van der Waals surface area (Å²) in [5.74, 6) is 1.48. The van der Waals surface area contributed by atoms with Crippen LogP contribution >= 0.6 is 11.6 Å². The van der Waals surface area contributed by atoms with Crippen LogP contribution in [0, 0.1) is 18.3 Å². The summed E-state index contributed by atoms with van der Waals surface area (Å²) < 4.78 is 0. The number of anilines is 2. The average molecular weight is 301 g/mol. The van der Waals surface area contributed by atoms with Crippen LogP contribution in [-0.2, 0) is 6.42 Å². The van der Waals surface area contributed by atoms with Crippen LogP contribution in [0.5, 0.6) is 0 Å². The number of para-hydroxylation sites is 1. The Morgan fingerprint density at radius 1 is 1.24 bits per heavy atom. The first-order valence-electron chi connectivity index (χ1n) is 6.90. The molecule has 4 nitrogen and oxygen atoms in total. The van der Waals surface area contributed by atoms with Gasteiger partial charge in [-0.15, -0.1) is 0 Å². The highest BCUT2D eigenvalue weighted by Gasteiger charge is 2.16. The Bertz CT molecular complexity index is 649. The van der Waals surface area contributed by atoms with E-state index in [1.807, 2.05) is 49.1 Å². The molecule has 0 radical (unpaired) electrons. The van der Waals surface area contributed by atoms with Crippen molar-refractivity contribution < 1.29 is 0 Å². The van der Waals surface area contributed by atoms with Crippen molar-refractivity contribution in [2.45, 2.75) is 26.7 Å². The van der Waals surface area contributed by atoms with E-state index < -0.39 is 0 Å². The van der Waals surface area contributed by atoms with Crippen molar-refractivity contribution in [1.29, 1.82) is 5.26 Å². The highest BCUT2D eigenvalue weighted by Crippen LogP contribution is 2.29. The molecule has 0 aliphatic rings. The van der Waals surface area contributed by atoms with Crippen LogP contribution < -0.4 is 4.90 Å². The molecule has 2 aromatic rings. The lowest BCUT2D eigenvalue weighted by Gasteiger charge is -2.25. The van der Waals surface area contributed by atoms with Gasteiger partial charge in [0, 0.05) is 24.2 Å². The number of nitrogens with zero attached hydrogens (tertiary/aromatic N) is 4. The van der Waals surface area contributed by atoms with Crippen molar-refractivity contribution in [3.05, 3.63) is 46.9 Å². The second-order valence-corrected chi connectivity index (χ2v) is 4.99. The molecular weight excluding hydrogens is 284 g/mol. The van der Waals surface area contributed by atoms with Gasteiger partial charge in [-0.25, -0.2) is 9.97 Å². The van der Waals surface area contributed by atoms with Gasteiger partial charge in [0.05, 0.1) is 12.5 Å². The smallest absolute Gasteiger partial charge is 0.141 e. The molecule has 0 aliphatic carbocycles. The first-order valence-corrected chi connectivity index (χ1v) is 7.27. The molecule has 0 atom stereocenters. The molecule has 0 amide bonds. The number of hydrogen-bond acceptors (Lipinski definition) is 4. The lowest BCUT2D eigenvalue weighted by Crippen LogP contribution is -2.21. The standard InChI is InChI=1S/C16H17ClN4/c1-3-14-19-15(17)12(2)16(20-14)21(11-7-10-18)13-8-5-4-6-9-13/h4-6,8-9H,3,7,11H2,1-2H3. The maximum atomic E-state index is 8.90. The van der Waals surface area contributed by atoms with Gasteiger partial charge < -0.3 is 4.90 Å². The summed E-state index contributed by atoms with van der Waals surface area (Å²) in [6.45, 7) is 4.46. The van der Waals surface area contributed by atoms with Crippen molar-refractivity contribution in [2.24, 2.45) is 0 Å². The quantitative estimate of drug-likeness (QED) is 0.782. The van der Waals surface area contributed by atoms with Crippen molar-refractivity contribution in [1.82, 2.24) is 9.97 Å². The van der Waals surface area contributed by atoms with E-state index in [-0.39, 0.29) is 0 Å². The van der Waals surface area contributed by atoms with E-state index in [9.17, 15) is 0 Å². The van der Waals surface area contributed by atoms with E-state index in [2.05, 4.69) is 16.0 Å². The number of aryl methyl sites for hydroxylation is 1. The van der Waals surface area contributed by atoms with Crippen molar-refractivity contribution in [3.63, 3.8) is 0 Å². The zero-order valence-electron chi connectivity index (χ0n) is 12.2. The molecule has 0 N–H and O–H groups in total. The Kier molecular flexibility index (Phi) is 5.13. The summed E-state index contributed by atoms with van der Waals surface area (Å²) in [5.41, 5.74) is 1.82. The van der Waals surface area contributed by atoms with E-state index in [0.717, 1.165) is 17.1 Å². The predicted octanol–water partition coefficient (Wildman–Crippen LogP) is 4.05. The minimum atomic E-state index is 0.414. The summed E-state index contributed by atoms with van der Waals surface area (Å²) in [6, 6.07) is 12.1. The van der Waals surface area contributed by atoms with Gasteiger partial charge in [0.2, 0.25) is 0 Å². The molecule has 108 valence electrons. The summed E-state index contributed by atoms with van der Waals surface area (Å²) in [6.07, 6.45) is 1.13. The van der Waals surface area contributed by atoms with Crippen LogP contribution in [0.1, 0.15) is 24.7 Å². The Labute approximate surface area is 130 Å². The van der Waals surface area contributed by atoms with Gasteiger partial charge in [0.1, 0.15) is 16.8 Å². The maximum absolute atomic E-state index is 8.90. The van der Waals surface area contributed by atoms with E-state index in [1.165, 1.54) is 0 Å². The topological polar surface area (TPSA) is 52.8 Å². The number of benzene rings is 1. The highest BCUT2D eigenvalue weighted by atomic mass is 35.5. The zero-order chi connectivity index (χ0) is 15.2. The second-order valence-electron chi connectivity index (χ2n) is 4.63. The van der Waals surface area contributed by atoms with Gasteiger partial charge in [-0.1, -0.05) is 36.7 Å². The third kappa shape index (κ3) is 3.50. The molecule has 1 heterocycles. The lowest BCUT2D eigenvalue weighted by atomic mass is 10.2. The number of rotatable bonds is 5. The Balaban J connectivity index is 2.51. The molecule has 0 fully saturated rings. The molecule has 0 aliphatic heterocycles. The Morgan fingerprint density at radius 2 is 1.95 bits per heavy atom. The SMILES string of the molecule is CCc1nc(Cl)c(C)c(N(CCC#N)c2ccccc2)n1. The summed E-state index contributed by atoms with van der Waals surface area (Å²) in [7, 11) is 0. The average Bonchev–Trinajstić information content (AvgIpc) is 2.52. The molecule has 0 saturated heterocycles. The molecule has 5 heteroatoms. The fraction of sp³-hybridized carbons (Fsp3) is 0.312. The van der Waals surface area contributed by atoms with Gasteiger partial charge in [-0.2, -0.15) is 5.26 Å². The van der Waals surface area contributed by atoms with Crippen molar-refractivity contribution >= 4 is 23.1 Å². The van der Waals surface area contributed by atoms with E-state index in [4.69, 9.17) is 16.9 Å². The van der Waals surface area contributed by atoms with Gasteiger partial charge in [0.25, 0.3) is 0 Å². The third-order valence-electron chi connectivity index (χ3n) is 3.19. The largest absolute Gasteiger partial charge is 0.325 e. The van der Waals surface area contributed by atoms with Crippen LogP contribution in [0.3, 0.4) is 0 Å². The minimum absolute atomic E-state index is 0.414. The van der Waals surface area contributed by atoms with Crippen LogP contribution in [0.4, 0.5) is 11.5 Å². The maximum Gasteiger partial charge on any atom is 0.141 e. The number of nitriles is 1. The van der Waals surface area contributed by atoms with Crippen molar-refractivity contribution in [2.75, 3.05) is 11.4 Å². The second kappa shape index (κ2) is 7.05. The van der Waals surface area contributed by atoms with Gasteiger partial charge in [-0.05, 0) is 19.1 Å². The molecule has 1 aromatic carbocycles. The fourth-order valence-corrected chi connectivity index (χ4v) is 2.25. The monoisotopic (exact) mass is 300 g/mol. The van der Waals surface area contributed by atoms with E-state index in [1.54, 1.807) is 0 Å². The van der Waals surface area contributed by atoms with Crippen LogP contribution in [0.15, 0.2) is 30.3 Å². The summed E-state index contributed by atoms with van der Waals surface area (Å²) in [4.78, 5) is 10.9. The molecule has 0 bridgehead atoms. The summed E-state index contributed by atoms with van der Waals surface area (Å²) >= 11 is 6.22. The molecule has 0 unspecified atom stereocenters. The fourth-order valence-electron chi connectivity index (χ4n) is 2.07. The van der Waals surface area contributed by atoms with Gasteiger partial charge in [0.15, 0.2) is 0 Å². The number of hydrogen-bond donors (Lipinski definition) is 0. The molecule has 2 rings (SSSR count). The normalized spacial score (nSPS) is 10.2.